The molecule has 1 amide bonds. The van der Waals surface area contributed by atoms with Crippen molar-refractivity contribution in [2.45, 2.75) is 6.92 Å². The van der Waals surface area contributed by atoms with Crippen molar-refractivity contribution in [3.05, 3.63) is 50.6 Å². The molecule has 4 nitrogen and oxygen atoms in total. The highest BCUT2D eigenvalue weighted by atomic mass is 79.9. The summed E-state index contributed by atoms with van der Waals surface area (Å²) in [6, 6.07) is 9.01. The number of anilines is 1. The van der Waals surface area contributed by atoms with Gasteiger partial charge in [0.05, 0.1) is 11.4 Å². The third-order valence-corrected chi connectivity index (χ3v) is 4.37. The van der Waals surface area contributed by atoms with E-state index >= 15 is 0 Å². The lowest BCUT2D eigenvalue weighted by Crippen LogP contribution is -2.13. The number of hydrogen-bond acceptors (Lipinski definition) is 4. The van der Waals surface area contributed by atoms with Crippen molar-refractivity contribution in [2.24, 2.45) is 5.16 Å². The van der Waals surface area contributed by atoms with Crippen molar-refractivity contribution in [1.29, 1.82) is 0 Å². The van der Waals surface area contributed by atoms with E-state index in [2.05, 4.69) is 26.4 Å². The number of nitrogens with zero attached hydrogens (tertiary/aromatic N) is 1. The van der Waals surface area contributed by atoms with Gasteiger partial charge in [-0.15, -0.1) is 11.3 Å². The van der Waals surface area contributed by atoms with Gasteiger partial charge >= 0.3 is 0 Å². The molecule has 0 aliphatic rings. The summed E-state index contributed by atoms with van der Waals surface area (Å²) in [6.45, 7) is 1.67. The Labute approximate surface area is 122 Å². The van der Waals surface area contributed by atoms with Crippen molar-refractivity contribution in [3.8, 4) is 0 Å². The normalized spacial score (nSPS) is 11.4. The zero-order valence-corrected chi connectivity index (χ0v) is 12.5. The SMILES string of the molecule is CC(=NO)c1ccccc1NC(=O)c1sccc1Br. The fraction of sp³-hybridized carbons (Fsp3) is 0.0769. The fourth-order valence-electron chi connectivity index (χ4n) is 1.60. The maximum absolute atomic E-state index is 12.1. The van der Waals surface area contributed by atoms with Crippen LogP contribution in [0.4, 0.5) is 5.69 Å². The summed E-state index contributed by atoms with van der Waals surface area (Å²) in [5.41, 5.74) is 1.75. The largest absolute Gasteiger partial charge is 0.411 e. The lowest BCUT2D eigenvalue weighted by atomic mass is 10.1. The van der Waals surface area contributed by atoms with E-state index in [9.17, 15) is 4.79 Å². The van der Waals surface area contributed by atoms with Gasteiger partial charge < -0.3 is 10.5 Å². The molecular weight excluding hydrogens is 328 g/mol. The van der Waals surface area contributed by atoms with Gasteiger partial charge in [0.1, 0.15) is 4.88 Å². The van der Waals surface area contributed by atoms with Crippen molar-refractivity contribution in [2.75, 3.05) is 5.32 Å². The minimum Gasteiger partial charge on any atom is -0.411 e. The van der Waals surface area contributed by atoms with Crippen LogP contribution in [0.3, 0.4) is 0 Å². The lowest BCUT2D eigenvalue weighted by molar-refractivity contribution is 0.103. The first-order chi connectivity index (χ1) is 9.13. The van der Waals surface area contributed by atoms with Crippen LogP contribution in [0.5, 0.6) is 0 Å². The summed E-state index contributed by atoms with van der Waals surface area (Å²) >= 11 is 4.69. The Kier molecular flexibility index (Phi) is 4.34. The molecule has 0 unspecified atom stereocenters. The summed E-state index contributed by atoms with van der Waals surface area (Å²) < 4.78 is 0.764. The number of amides is 1. The van der Waals surface area contributed by atoms with Gasteiger partial charge in [0.25, 0.3) is 5.91 Å². The fourth-order valence-corrected chi connectivity index (χ4v) is 3.04. The Morgan fingerprint density at radius 2 is 2.11 bits per heavy atom. The summed E-state index contributed by atoms with van der Waals surface area (Å²) in [5.74, 6) is -0.194. The standard InChI is InChI=1S/C13H11BrN2O2S/c1-8(16-18)9-4-2-3-5-11(9)15-13(17)12-10(14)6-7-19-12/h2-7,18H,1H3,(H,15,17). The van der Waals surface area contributed by atoms with Crippen LogP contribution in [0.25, 0.3) is 0 Å². The van der Waals surface area contributed by atoms with Crippen molar-refractivity contribution < 1.29 is 10.0 Å². The number of thiophene rings is 1. The Bertz CT molecular complexity index is 637. The van der Waals surface area contributed by atoms with Gasteiger partial charge in [-0.2, -0.15) is 0 Å². The maximum Gasteiger partial charge on any atom is 0.266 e. The van der Waals surface area contributed by atoms with E-state index in [0.717, 1.165) is 4.47 Å². The van der Waals surface area contributed by atoms with E-state index in [0.29, 0.717) is 21.8 Å². The van der Waals surface area contributed by atoms with Gasteiger partial charge in [0.2, 0.25) is 0 Å². The minimum atomic E-state index is -0.194. The summed E-state index contributed by atoms with van der Waals surface area (Å²) in [6.07, 6.45) is 0. The van der Waals surface area contributed by atoms with Gasteiger partial charge in [-0.05, 0) is 40.4 Å². The second-order valence-electron chi connectivity index (χ2n) is 3.78. The molecule has 6 heteroatoms. The van der Waals surface area contributed by atoms with E-state index in [1.807, 2.05) is 23.6 Å². The summed E-state index contributed by atoms with van der Waals surface area (Å²) in [4.78, 5) is 12.7. The monoisotopic (exact) mass is 338 g/mol. The first-order valence-electron chi connectivity index (χ1n) is 5.46. The van der Waals surface area contributed by atoms with Crippen molar-refractivity contribution in [3.63, 3.8) is 0 Å². The molecule has 1 heterocycles. The third kappa shape index (κ3) is 3.02. The number of oxime groups is 1. The molecule has 1 aromatic heterocycles. The number of benzene rings is 1. The number of rotatable bonds is 3. The Morgan fingerprint density at radius 3 is 2.74 bits per heavy atom. The molecular formula is C13H11BrN2O2S. The zero-order valence-electron chi connectivity index (χ0n) is 10.1. The number of carbonyl (C=O) groups excluding carboxylic acids is 1. The summed E-state index contributed by atoms with van der Waals surface area (Å²) in [5, 5.41) is 16.7. The first-order valence-corrected chi connectivity index (χ1v) is 7.13. The molecule has 0 saturated heterocycles. The average Bonchev–Trinajstić information content (AvgIpc) is 2.85. The number of halogens is 1. The molecule has 2 aromatic rings. The molecule has 0 radical (unpaired) electrons. The predicted molar refractivity (Wildman–Crippen MR) is 80.4 cm³/mol. The minimum absolute atomic E-state index is 0.194. The molecule has 0 saturated carbocycles. The molecule has 0 spiro atoms. The van der Waals surface area contributed by atoms with Crippen LogP contribution in [0.1, 0.15) is 22.2 Å². The molecule has 19 heavy (non-hydrogen) atoms. The highest BCUT2D eigenvalue weighted by Crippen LogP contribution is 2.24. The van der Waals surface area contributed by atoms with Crippen molar-refractivity contribution >= 4 is 44.6 Å². The molecule has 2 N–H and O–H groups in total. The van der Waals surface area contributed by atoms with Crippen LogP contribution in [0.15, 0.2) is 45.3 Å². The second-order valence-corrected chi connectivity index (χ2v) is 5.55. The molecule has 1 aromatic carbocycles. The van der Waals surface area contributed by atoms with Gasteiger partial charge in [0, 0.05) is 10.0 Å². The van der Waals surface area contributed by atoms with E-state index in [-0.39, 0.29) is 5.91 Å². The van der Waals surface area contributed by atoms with E-state index in [1.54, 1.807) is 19.1 Å². The highest BCUT2D eigenvalue weighted by molar-refractivity contribution is 9.10. The molecule has 0 fully saturated rings. The zero-order chi connectivity index (χ0) is 13.8. The maximum atomic E-state index is 12.1. The lowest BCUT2D eigenvalue weighted by Gasteiger charge is -2.09. The van der Waals surface area contributed by atoms with Crippen LogP contribution in [-0.2, 0) is 0 Å². The summed E-state index contributed by atoms with van der Waals surface area (Å²) in [7, 11) is 0. The number of hydrogen-bond donors (Lipinski definition) is 2. The molecule has 2 rings (SSSR count). The van der Waals surface area contributed by atoms with Crippen LogP contribution in [0.2, 0.25) is 0 Å². The van der Waals surface area contributed by atoms with Crippen LogP contribution in [-0.4, -0.2) is 16.8 Å². The molecule has 0 bridgehead atoms. The van der Waals surface area contributed by atoms with Gasteiger partial charge in [0.15, 0.2) is 0 Å². The smallest absolute Gasteiger partial charge is 0.266 e. The number of nitrogens with one attached hydrogen (secondary N) is 1. The Morgan fingerprint density at radius 1 is 1.37 bits per heavy atom. The van der Waals surface area contributed by atoms with Crippen LogP contribution >= 0.6 is 27.3 Å². The first kappa shape index (κ1) is 13.8. The van der Waals surface area contributed by atoms with E-state index < -0.39 is 0 Å². The Hall–Kier alpha value is -1.66. The predicted octanol–water partition coefficient (Wildman–Crippen LogP) is 3.96. The van der Waals surface area contributed by atoms with Crippen LogP contribution in [0, 0.1) is 0 Å². The third-order valence-electron chi connectivity index (χ3n) is 2.54. The number of para-hydroxylation sites is 1. The van der Waals surface area contributed by atoms with Gasteiger partial charge in [-0.25, -0.2) is 0 Å². The van der Waals surface area contributed by atoms with Crippen LogP contribution < -0.4 is 5.32 Å². The second kappa shape index (κ2) is 5.99. The topological polar surface area (TPSA) is 61.7 Å². The molecule has 0 aliphatic carbocycles. The van der Waals surface area contributed by atoms with Gasteiger partial charge in [-0.1, -0.05) is 23.4 Å². The van der Waals surface area contributed by atoms with Gasteiger partial charge in [-0.3, -0.25) is 4.79 Å². The Balaban J connectivity index is 2.30. The molecule has 98 valence electrons. The highest BCUT2D eigenvalue weighted by Gasteiger charge is 2.14. The molecule has 0 aliphatic heterocycles. The number of carbonyl (C=O) groups is 1. The molecule has 0 atom stereocenters. The average molecular weight is 339 g/mol. The van der Waals surface area contributed by atoms with Crippen molar-refractivity contribution in [1.82, 2.24) is 0 Å². The van der Waals surface area contributed by atoms with E-state index in [1.165, 1.54) is 11.3 Å². The van der Waals surface area contributed by atoms with E-state index in [4.69, 9.17) is 5.21 Å². The quantitative estimate of drug-likeness (QED) is 0.505.